The van der Waals surface area contributed by atoms with Crippen molar-refractivity contribution in [2.45, 2.75) is 39.1 Å². The maximum atomic E-state index is 13.5. The molecule has 9 heteroatoms. The van der Waals surface area contributed by atoms with Crippen LogP contribution in [0.2, 0.25) is 5.02 Å². The molecule has 1 aliphatic rings. The van der Waals surface area contributed by atoms with Crippen molar-refractivity contribution in [2.24, 2.45) is 0 Å². The number of sulfonamides is 1. The number of hydrogen-bond acceptors (Lipinski definition) is 5. The Balaban J connectivity index is 1.52. The molecular weight excluding hydrogens is 448 g/mol. The molecule has 0 aliphatic carbocycles. The van der Waals surface area contributed by atoms with E-state index in [0.29, 0.717) is 59.4 Å². The SMILES string of the molecule is Cc1cc(C)c(C)c(S(=O)(=O)N2CCN(Cc3nc4cc(Cl)ccc4c(=O)[nH]3)CC2)c1C. The van der Waals surface area contributed by atoms with Crippen LogP contribution in [0.3, 0.4) is 0 Å². The van der Waals surface area contributed by atoms with Gasteiger partial charge in [-0.3, -0.25) is 9.69 Å². The Hall–Kier alpha value is -2.26. The highest BCUT2D eigenvalue weighted by molar-refractivity contribution is 7.89. The van der Waals surface area contributed by atoms with Crippen molar-refractivity contribution in [3.8, 4) is 0 Å². The second-order valence-electron chi connectivity index (χ2n) is 8.44. The van der Waals surface area contributed by atoms with Crippen LogP contribution in [0.5, 0.6) is 0 Å². The van der Waals surface area contributed by atoms with Gasteiger partial charge in [0.2, 0.25) is 10.0 Å². The maximum absolute atomic E-state index is 13.5. The molecule has 3 aromatic rings. The Labute approximate surface area is 193 Å². The molecule has 0 atom stereocenters. The van der Waals surface area contributed by atoms with Crippen molar-refractivity contribution >= 4 is 32.5 Å². The van der Waals surface area contributed by atoms with Gasteiger partial charge in [-0.1, -0.05) is 17.7 Å². The number of hydrogen-bond donors (Lipinski definition) is 1. The third-order valence-corrected chi connectivity index (χ3v) is 8.73. The minimum atomic E-state index is -3.59. The highest BCUT2D eigenvalue weighted by atomic mass is 35.5. The molecule has 2 aromatic carbocycles. The Morgan fingerprint density at radius 3 is 2.25 bits per heavy atom. The summed E-state index contributed by atoms with van der Waals surface area (Å²) in [5, 5.41) is 1.02. The van der Waals surface area contributed by atoms with E-state index in [1.165, 1.54) is 0 Å². The van der Waals surface area contributed by atoms with Gasteiger partial charge in [0.25, 0.3) is 5.56 Å². The summed E-state index contributed by atoms with van der Waals surface area (Å²) >= 11 is 6.04. The molecule has 0 saturated carbocycles. The third-order valence-electron chi connectivity index (χ3n) is 6.32. The summed E-state index contributed by atoms with van der Waals surface area (Å²) in [5.41, 5.74) is 3.94. The molecule has 7 nitrogen and oxygen atoms in total. The van der Waals surface area contributed by atoms with Crippen molar-refractivity contribution in [2.75, 3.05) is 26.2 Å². The van der Waals surface area contributed by atoms with E-state index in [1.807, 2.05) is 33.8 Å². The summed E-state index contributed by atoms with van der Waals surface area (Å²) in [6, 6.07) is 7.04. The number of halogens is 1. The zero-order valence-corrected chi connectivity index (χ0v) is 20.3. The number of piperazine rings is 1. The molecule has 0 amide bonds. The summed E-state index contributed by atoms with van der Waals surface area (Å²) in [6.45, 7) is 9.96. The average Bonchev–Trinajstić information content (AvgIpc) is 2.72. The van der Waals surface area contributed by atoms with Crippen molar-refractivity contribution in [1.29, 1.82) is 0 Å². The summed E-state index contributed by atoms with van der Waals surface area (Å²) in [6.07, 6.45) is 0. The second-order valence-corrected chi connectivity index (χ2v) is 10.8. The molecule has 2 heterocycles. The van der Waals surface area contributed by atoms with E-state index in [0.717, 1.165) is 22.3 Å². The smallest absolute Gasteiger partial charge is 0.258 e. The molecular formula is C23H27ClN4O3S. The van der Waals surface area contributed by atoms with Gasteiger partial charge in [0.05, 0.1) is 22.3 Å². The fourth-order valence-corrected chi connectivity index (χ4v) is 6.44. The molecule has 1 aromatic heterocycles. The first-order valence-corrected chi connectivity index (χ1v) is 12.4. The zero-order chi connectivity index (χ0) is 23.2. The predicted molar refractivity (Wildman–Crippen MR) is 127 cm³/mol. The van der Waals surface area contributed by atoms with Crippen LogP contribution in [0.4, 0.5) is 0 Å². The lowest BCUT2D eigenvalue weighted by Crippen LogP contribution is -2.48. The van der Waals surface area contributed by atoms with Crippen LogP contribution < -0.4 is 5.56 Å². The largest absolute Gasteiger partial charge is 0.309 e. The van der Waals surface area contributed by atoms with Crippen LogP contribution in [0.15, 0.2) is 34.0 Å². The van der Waals surface area contributed by atoms with Gasteiger partial charge in [-0.15, -0.1) is 0 Å². The molecule has 0 radical (unpaired) electrons. The Morgan fingerprint density at radius 2 is 1.62 bits per heavy atom. The van der Waals surface area contributed by atoms with E-state index in [9.17, 15) is 13.2 Å². The number of nitrogens with one attached hydrogen (secondary N) is 1. The van der Waals surface area contributed by atoms with Crippen molar-refractivity contribution < 1.29 is 8.42 Å². The molecule has 32 heavy (non-hydrogen) atoms. The van der Waals surface area contributed by atoms with Gasteiger partial charge in [0, 0.05) is 31.2 Å². The van der Waals surface area contributed by atoms with Crippen LogP contribution in [0, 0.1) is 27.7 Å². The van der Waals surface area contributed by atoms with Gasteiger partial charge >= 0.3 is 0 Å². The van der Waals surface area contributed by atoms with Gasteiger partial charge in [-0.2, -0.15) is 4.31 Å². The number of rotatable bonds is 4. The van der Waals surface area contributed by atoms with Crippen molar-refractivity contribution in [1.82, 2.24) is 19.2 Å². The van der Waals surface area contributed by atoms with Crippen LogP contribution in [-0.2, 0) is 16.6 Å². The third kappa shape index (κ3) is 4.20. The van der Waals surface area contributed by atoms with Gasteiger partial charge < -0.3 is 4.98 Å². The van der Waals surface area contributed by atoms with Gasteiger partial charge in [0.15, 0.2) is 0 Å². The van der Waals surface area contributed by atoms with Gasteiger partial charge in [0.1, 0.15) is 5.82 Å². The topological polar surface area (TPSA) is 86.4 Å². The van der Waals surface area contributed by atoms with E-state index in [2.05, 4.69) is 14.9 Å². The molecule has 1 fully saturated rings. The molecule has 170 valence electrons. The Bertz CT molecular complexity index is 1330. The molecule has 0 bridgehead atoms. The number of H-pyrrole nitrogens is 1. The summed E-state index contributed by atoms with van der Waals surface area (Å²) in [5.74, 6) is 0.544. The second kappa shape index (κ2) is 8.59. The average molecular weight is 475 g/mol. The highest BCUT2D eigenvalue weighted by Gasteiger charge is 2.32. The predicted octanol–water partition coefficient (Wildman–Crippen LogP) is 3.32. The first-order chi connectivity index (χ1) is 15.1. The first-order valence-electron chi connectivity index (χ1n) is 10.6. The minimum absolute atomic E-state index is 0.205. The van der Waals surface area contributed by atoms with E-state index >= 15 is 0 Å². The van der Waals surface area contributed by atoms with Crippen LogP contribution in [-0.4, -0.2) is 53.8 Å². The quantitative estimate of drug-likeness (QED) is 0.626. The van der Waals surface area contributed by atoms with E-state index in [-0.39, 0.29) is 5.56 Å². The molecule has 1 saturated heterocycles. The first kappa shape index (κ1) is 22.9. The lowest BCUT2D eigenvalue weighted by molar-refractivity contribution is 0.178. The number of aromatic nitrogens is 2. The van der Waals surface area contributed by atoms with Crippen LogP contribution in [0.25, 0.3) is 10.9 Å². The lowest BCUT2D eigenvalue weighted by atomic mass is 10.0. The molecule has 4 rings (SSSR count). The lowest BCUT2D eigenvalue weighted by Gasteiger charge is -2.34. The number of aryl methyl sites for hydroxylation is 2. The Morgan fingerprint density at radius 1 is 1.00 bits per heavy atom. The molecule has 0 unspecified atom stereocenters. The monoisotopic (exact) mass is 474 g/mol. The summed E-state index contributed by atoms with van der Waals surface area (Å²) in [4.78, 5) is 22.3. The molecule has 1 N–H and O–H groups in total. The number of benzene rings is 2. The molecule has 0 spiro atoms. The number of nitrogens with zero attached hydrogens (tertiary/aromatic N) is 3. The van der Waals surface area contributed by atoms with Crippen molar-refractivity contribution in [3.63, 3.8) is 0 Å². The fraction of sp³-hybridized carbons (Fsp3) is 0.391. The fourth-order valence-electron chi connectivity index (χ4n) is 4.27. The standard InChI is InChI=1S/C23H27ClN4O3S/c1-14-11-15(2)17(4)22(16(14)3)32(30,31)28-9-7-27(8-10-28)13-21-25-20-12-18(24)5-6-19(20)23(29)26-21/h5-6,11-12H,7-10,13H2,1-4H3,(H,25,26,29). The number of fused-ring (bicyclic) bond motifs is 1. The van der Waals surface area contributed by atoms with E-state index in [1.54, 1.807) is 22.5 Å². The van der Waals surface area contributed by atoms with Gasteiger partial charge in [-0.05, 0) is 68.1 Å². The maximum Gasteiger partial charge on any atom is 0.258 e. The summed E-state index contributed by atoms with van der Waals surface area (Å²) in [7, 11) is -3.59. The normalized spacial score (nSPS) is 16.0. The van der Waals surface area contributed by atoms with E-state index in [4.69, 9.17) is 11.6 Å². The van der Waals surface area contributed by atoms with Gasteiger partial charge in [-0.25, -0.2) is 13.4 Å². The van der Waals surface area contributed by atoms with Crippen LogP contribution in [0.1, 0.15) is 28.1 Å². The zero-order valence-electron chi connectivity index (χ0n) is 18.7. The highest BCUT2D eigenvalue weighted by Crippen LogP contribution is 2.29. The molecule has 1 aliphatic heterocycles. The van der Waals surface area contributed by atoms with Crippen molar-refractivity contribution in [3.05, 3.63) is 67.7 Å². The Kier molecular flexibility index (Phi) is 6.15. The minimum Gasteiger partial charge on any atom is -0.309 e. The van der Waals surface area contributed by atoms with Crippen LogP contribution >= 0.6 is 11.6 Å². The van der Waals surface area contributed by atoms with E-state index < -0.39 is 10.0 Å². The number of aromatic amines is 1. The summed E-state index contributed by atoms with van der Waals surface area (Å²) < 4.78 is 28.5.